The molecule has 10 heteroatoms. The van der Waals surface area contributed by atoms with Gasteiger partial charge in [-0.15, -0.1) is 0 Å². The summed E-state index contributed by atoms with van der Waals surface area (Å²) < 4.78 is 50.9. The minimum Gasteiger partial charge on any atom is -0.320 e. The second kappa shape index (κ2) is 8.95. The van der Waals surface area contributed by atoms with E-state index in [2.05, 4.69) is 15.6 Å². The van der Waals surface area contributed by atoms with E-state index in [-0.39, 0.29) is 39.3 Å². The molecule has 30 heavy (non-hydrogen) atoms. The summed E-state index contributed by atoms with van der Waals surface area (Å²) in [4.78, 5) is 28.6. The van der Waals surface area contributed by atoms with Crippen molar-refractivity contribution in [2.24, 2.45) is 0 Å². The highest BCUT2D eigenvalue weighted by Gasteiger charge is 2.29. The van der Waals surface area contributed by atoms with Gasteiger partial charge in [0, 0.05) is 16.7 Å². The zero-order chi connectivity index (χ0) is 21.7. The number of anilines is 2. The predicted molar refractivity (Wildman–Crippen MR) is 105 cm³/mol. The van der Waals surface area contributed by atoms with E-state index < -0.39 is 23.1 Å². The molecule has 5 nitrogen and oxygen atoms in total. The van der Waals surface area contributed by atoms with Crippen LogP contribution in [-0.2, 0) is 0 Å². The van der Waals surface area contributed by atoms with E-state index >= 15 is 0 Å². The van der Waals surface area contributed by atoms with Crippen LogP contribution >= 0.6 is 11.8 Å². The first-order valence-corrected chi connectivity index (χ1v) is 9.22. The number of nitrogens with one attached hydrogen (secondary N) is 2. The number of halogens is 4. The molecule has 2 N–H and O–H groups in total. The average Bonchev–Trinajstić information content (AvgIpc) is 2.70. The molecule has 0 aliphatic heterocycles. The van der Waals surface area contributed by atoms with Gasteiger partial charge in [-0.05, 0) is 66.4 Å². The number of carbonyl (C=O) groups is 2. The fourth-order valence-electron chi connectivity index (χ4n) is 2.41. The maximum Gasteiger partial charge on any atom is 0.446 e. The van der Waals surface area contributed by atoms with Crippen LogP contribution in [0.2, 0.25) is 0 Å². The summed E-state index contributed by atoms with van der Waals surface area (Å²) in [6.45, 7) is 0. The Labute approximate surface area is 172 Å². The monoisotopic (exact) mass is 435 g/mol. The number of alkyl halides is 3. The minimum atomic E-state index is -4.44. The molecule has 0 aliphatic carbocycles. The van der Waals surface area contributed by atoms with Gasteiger partial charge in [0.25, 0.3) is 11.8 Å². The highest BCUT2D eigenvalue weighted by atomic mass is 32.2. The van der Waals surface area contributed by atoms with E-state index in [1.807, 2.05) is 0 Å². The molecule has 3 aromatic rings. The van der Waals surface area contributed by atoms with E-state index in [0.717, 1.165) is 24.3 Å². The van der Waals surface area contributed by atoms with Crippen LogP contribution in [0, 0.1) is 5.82 Å². The van der Waals surface area contributed by atoms with Crippen molar-refractivity contribution < 1.29 is 27.2 Å². The van der Waals surface area contributed by atoms with Gasteiger partial charge in [-0.1, -0.05) is 6.07 Å². The first kappa shape index (κ1) is 21.3. The van der Waals surface area contributed by atoms with Gasteiger partial charge < -0.3 is 10.6 Å². The van der Waals surface area contributed by atoms with Crippen molar-refractivity contribution in [2.75, 3.05) is 10.6 Å². The summed E-state index contributed by atoms with van der Waals surface area (Å²) in [7, 11) is 0. The second-order valence-corrected chi connectivity index (χ2v) is 7.02. The number of thioether (sulfide) groups is 1. The van der Waals surface area contributed by atoms with Gasteiger partial charge in [0.15, 0.2) is 0 Å². The topological polar surface area (TPSA) is 71.1 Å². The Hall–Kier alpha value is -3.40. The predicted octanol–water partition coefficient (Wildman–Crippen LogP) is 5.34. The summed E-state index contributed by atoms with van der Waals surface area (Å²) in [6, 6.07) is 12.9. The highest BCUT2D eigenvalue weighted by molar-refractivity contribution is 8.00. The van der Waals surface area contributed by atoms with Crippen LogP contribution < -0.4 is 10.6 Å². The summed E-state index contributed by atoms with van der Waals surface area (Å²) in [6.07, 6.45) is 1.43. The standard InChI is InChI=1S/C20H13F4N3O2S/c21-13-6-9-15(26-19(29)16-3-1-2-10-25-16)17(11-13)27-18(28)12-4-7-14(8-5-12)30-20(22,23)24/h1-11H,(H,26,29)(H,27,28). The average molecular weight is 435 g/mol. The Bertz CT molecular complexity index is 1060. The van der Waals surface area contributed by atoms with Gasteiger partial charge in [-0.2, -0.15) is 13.2 Å². The molecule has 1 aromatic heterocycles. The molecule has 2 amide bonds. The number of aromatic nitrogens is 1. The number of rotatable bonds is 5. The van der Waals surface area contributed by atoms with E-state index in [0.29, 0.717) is 0 Å². The van der Waals surface area contributed by atoms with Crippen molar-refractivity contribution in [3.05, 3.63) is 83.9 Å². The third-order valence-electron chi connectivity index (χ3n) is 3.73. The molecule has 0 saturated carbocycles. The van der Waals surface area contributed by atoms with Crippen molar-refractivity contribution in [3.8, 4) is 0 Å². The Morgan fingerprint density at radius 2 is 1.57 bits per heavy atom. The molecule has 2 aromatic carbocycles. The fourth-order valence-corrected chi connectivity index (χ4v) is 2.95. The number of amides is 2. The molecule has 0 atom stereocenters. The largest absolute Gasteiger partial charge is 0.446 e. The minimum absolute atomic E-state index is 0.0157. The van der Waals surface area contributed by atoms with Crippen molar-refractivity contribution in [3.63, 3.8) is 0 Å². The molecular weight excluding hydrogens is 422 g/mol. The molecule has 0 fully saturated rings. The van der Waals surface area contributed by atoms with Gasteiger partial charge in [0.05, 0.1) is 11.4 Å². The van der Waals surface area contributed by atoms with Gasteiger partial charge in [-0.3, -0.25) is 14.6 Å². The molecule has 0 saturated heterocycles. The van der Waals surface area contributed by atoms with Crippen LogP contribution in [0.25, 0.3) is 0 Å². The third-order valence-corrected chi connectivity index (χ3v) is 4.46. The van der Waals surface area contributed by atoms with Crippen LogP contribution in [0.1, 0.15) is 20.8 Å². The Morgan fingerprint density at radius 1 is 0.867 bits per heavy atom. The van der Waals surface area contributed by atoms with E-state index in [9.17, 15) is 27.2 Å². The smallest absolute Gasteiger partial charge is 0.320 e. The summed E-state index contributed by atoms with van der Waals surface area (Å²) in [5.74, 6) is -1.90. The molecular formula is C20H13F4N3O2S. The molecule has 1 heterocycles. The van der Waals surface area contributed by atoms with Crippen molar-refractivity contribution in [1.82, 2.24) is 4.98 Å². The maximum absolute atomic E-state index is 13.7. The zero-order valence-corrected chi connectivity index (χ0v) is 15.9. The lowest BCUT2D eigenvalue weighted by Gasteiger charge is -2.13. The number of benzene rings is 2. The lowest BCUT2D eigenvalue weighted by atomic mass is 10.2. The van der Waals surface area contributed by atoms with Crippen LogP contribution in [0.5, 0.6) is 0 Å². The third kappa shape index (κ3) is 5.80. The van der Waals surface area contributed by atoms with Gasteiger partial charge in [0.2, 0.25) is 0 Å². The summed E-state index contributed by atoms with van der Waals surface area (Å²) in [5.41, 5.74) is -4.14. The van der Waals surface area contributed by atoms with E-state index in [4.69, 9.17) is 0 Å². The molecule has 3 rings (SSSR count). The SMILES string of the molecule is O=C(Nc1cc(F)ccc1NC(=O)c1ccccn1)c1ccc(SC(F)(F)F)cc1. The van der Waals surface area contributed by atoms with E-state index in [1.54, 1.807) is 12.1 Å². The fraction of sp³-hybridized carbons (Fsp3) is 0.0500. The van der Waals surface area contributed by atoms with Crippen molar-refractivity contribution >= 4 is 35.0 Å². The van der Waals surface area contributed by atoms with Crippen LogP contribution in [-0.4, -0.2) is 22.3 Å². The first-order chi connectivity index (χ1) is 14.2. The highest BCUT2D eigenvalue weighted by Crippen LogP contribution is 2.36. The Balaban J connectivity index is 1.76. The van der Waals surface area contributed by atoms with Gasteiger partial charge in [-0.25, -0.2) is 4.39 Å². The Morgan fingerprint density at radius 3 is 2.20 bits per heavy atom. The van der Waals surface area contributed by atoms with Gasteiger partial charge in [0.1, 0.15) is 11.5 Å². The number of carbonyl (C=O) groups excluding carboxylic acids is 2. The van der Waals surface area contributed by atoms with Crippen LogP contribution in [0.3, 0.4) is 0 Å². The Kier molecular flexibility index (Phi) is 6.36. The number of pyridine rings is 1. The number of hydrogen-bond acceptors (Lipinski definition) is 4. The van der Waals surface area contributed by atoms with Gasteiger partial charge >= 0.3 is 5.51 Å². The molecule has 0 aliphatic rings. The lowest BCUT2D eigenvalue weighted by Crippen LogP contribution is -2.17. The number of nitrogens with zero attached hydrogens (tertiary/aromatic N) is 1. The first-order valence-electron chi connectivity index (χ1n) is 8.40. The van der Waals surface area contributed by atoms with Crippen LogP contribution in [0.15, 0.2) is 71.8 Å². The summed E-state index contributed by atoms with van der Waals surface area (Å²) in [5, 5.41) is 4.98. The quantitative estimate of drug-likeness (QED) is 0.419. The van der Waals surface area contributed by atoms with Crippen LogP contribution in [0.4, 0.5) is 28.9 Å². The summed E-state index contributed by atoms with van der Waals surface area (Å²) >= 11 is -0.300. The molecule has 0 radical (unpaired) electrons. The molecule has 0 unspecified atom stereocenters. The van der Waals surface area contributed by atoms with Crippen molar-refractivity contribution in [1.29, 1.82) is 0 Å². The molecule has 0 bridgehead atoms. The van der Waals surface area contributed by atoms with E-state index in [1.165, 1.54) is 30.5 Å². The molecule has 0 spiro atoms. The normalized spacial score (nSPS) is 11.1. The number of hydrogen-bond donors (Lipinski definition) is 2. The zero-order valence-electron chi connectivity index (χ0n) is 15.0. The molecule has 154 valence electrons. The lowest BCUT2D eigenvalue weighted by molar-refractivity contribution is -0.0328. The maximum atomic E-state index is 13.7. The second-order valence-electron chi connectivity index (χ2n) is 5.89. The van der Waals surface area contributed by atoms with Crippen molar-refractivity contribution in [2.45, 2.75) is 10.4 Å².